The number of hydrogen-bond acceptors (Lipinski definition) is 5. The highest BCUT2D eigenvalue weighted by molar-refractivity contribution is 5.79. The molecule has 0 bridgehead atoms. The largest absolute Gasteiger partial charge is 0.483 e. The van der Waals surface area contributed by atoms with Gasteiger partial charge >= 0.3 is 0 Å². The van der Waals surface area contributed by atoms with Crippen molar-refractivity contribution < 1.29 is 9.90 Å². The third-order valence-electron chi connectivity index (χ3n) is 4.10. The van der Waals surface area contributed by atoms with Crippen molar-refractivity contribution in [2.45, 2.75) is 13.8 Å². The molecular weight excluding hydrogens is 344 g/mol. The maximum absolute atomic E-state index is 12.6. The fourth-order valence-electron chi connectivity index (χ4n) is 2.74. The van der Waals surface area contributed by atoms with Crippen molar-refractivity contribution in [3.05, 3.63) is 76.2 Å². The summed E-state index contributed by atoms with van der Waals surface area (Å²) in [6.45, 7) is 3.71. The van der Waals surface area contributed by atoms with Crippen LogP contribution in [-0.2, 0) is 4.79 Å². The van der Waals surface area contributed by atoms with Gasteiger partial charge in [0.15, 0.2) is 0 Å². The van der Waals surface area contributed by atoms with E-state index in [4.69, 9.17) is 9.90 Å². The van der Waals surface area contributed by atoms with Crippen LogP contribution in [-0.4, -0.2) is 25.9 Å². The molecule has 2 heterocycles. The number of para-hydroxylation sites is 2. The zero-order valence-electron chi connectivity index (χ0n) is 14.9. The second kappa shape index (κ2) is 7.65. The zero-order valence-corrected chi connectivity index (χ0v) is 14.9. The van der Waals surface area contributed by atoms with E-state index in [0.717, 1.165) is 16.8 Å². The number of nitrogens with one attached hydrogen (secondary N) is 1. The summed E-state index contributed by atoms with van der Waals surface area (Å²) in [6.07, 6.45) is 1.78. The van der Waals surface area contributed by atoms with Crippen molar-refractivity contribution in [3.63, 3.8) is 0 Å². The number of carboxylic acid groups (broad SMARTS) is 1. The Labute approximate surface area is 155 Å². The lowest BCUT2D eigenvalue weighted by atomic mass is 10.2. The lowest BCUT2D eigenvalue weighted by Gasteiger charge is -2.12. The Bertz CT molecular complexity index is 1180. The molecule has 2 aromatic heterocycles. The van der Waals surface area contributed by atoms with Gasteiger partial charge in [0.05, 0.1) is 10.9 Å². The molecule has 0 atom stereocenters. The molecule has 2 N–H and O–H groups in total. The Hall–Kier alpha value is -3.74. The second-order valence-electron chi connectivity index (χ2n) is 5.92. The third kappa shape index (κ3) is 3.62. The van der Waals surface area contributed by atoms with Gasteiger partial charge in [-0.25, -0.2) is 4.98 Å². The standard InChI is InChI=1S/C19H16N4O.CH2O2/c1-12-7-3-5-9-15(12)20-17-13(2)11-23-18(24)14-8-4-6-10-16(14)21-19(23)22-17;2-1-3/h3-11H,1-2H3,(H,20,21,22);1H,(H,2,3). The number of benzene rings is 2. The van der Waals surface area contributed by atoms with E-state index in [-0.39, 0.29) is 12.0 Å². The number of carbonyl (C=O) groups is 1. The van der Waals surface area contributed by atoms with E-state index in [1.54, 1.807) is 12.3 Å². The molecule has 0 spiro atoms. The van der Waals surface area contributed by atoms with Crippen molar-refractivity contribution in [1.29, 1.82) is 0 Å². The fourth-order valence-corrected chi connectivity index (χ4v) is 2.74. The molecule has 0 saturated carbocycles. The van der Waals surface area contributed by atoms with Gasteiger partial charge in [-0.05, 0) is 37.6 Å². The average molecular weight is 362 g/mol. The molecule has 27 heavy (non-hydrogen) atoms. The Morgan fingerprint density at radius 1 is 1.00 bits per heavy atom. The smallest absolute Gasteiger partial charge is 0.290 e. The topological polar surface area (TPSA) is 96.6 Å². The minimum atomic E-state index is -0.250. The van der Waals surface area contributed by atoms with Gasteiger partial charge in [-0.15, -0.1) is 0 Å². The molecule has 0 aliphatic rings. The first-order valence-electron chi connectivity index (χ1n) is 8.24. The van der Waals surface area contributed by atoms with Crippen LogP contribution in [0.1, 0.15) is 11.1 Å². The van der Waals surface area contributed by atoms with E-state index in [0.29, 0.717) is 22.5 Å². The maximum atomic E-state index is 12.6. The van der Waals surface area contributed by atoms with E-state index < -0.39 is 0 Å². The van der Waals surface area contributed by atoms with Gasteiger partial charge < -0.3 is 10.4 Å². The summed E-state index contributed by atoms with van der Waals surface area (Å²) in [4.78, 5) is 30.1. The van der Waals surface area contributed by atoms with Crippen LogP contribution in [0.2, 0.25) is 0 Å². The lowest BCUT2D eigenvalue weighted by molar-refractivity contribution is -0.122. The van der Waals surface area contributed by atoms with E-state index >= 15 is 0 Å². The number of fused-ring (bicyclic) bond motifs is 2. The van der Waals surface area contributed by atoms with Crippen LogP contribution < -0.4 is 10.9 Å². The number of rotatable bonds is 2. The molecule has 0 radical (unpaired) electrons. The van der Waals surface area contributed by atoms with E-state index in [1.807, 2.05) is 56.3 Å². The van der Waals surface area contributed by atoms with Gasteiger partial charge in [-0.2, -0.15) is 4.98 Å². The Morgan fingerprint density at radius 3 is 2.41 bits per heavy atom. The summed E-state index contributed by atoms with van der Waals surface area (Å²) in [6, 6.07) is 15.3. The predicted molar refractivity (Wildman–Crippen MR) is 105 cm³/mol. The van der Waals surface area contributed by atoms with Crippen molar-refractivity contribution in [2.75, 3.05) is 5.32 Å². The SMILES string of the molecule is Cc1ccccc1Nc1nc2nc3ccccc3c(=O)n2cc1C.O=CO. The molecular formula is C20H18N4O3. The van der Waals surface area contributed by atoms with E-state index in [9.17, 15) is 4.79 Å². The molecule has 136 valence electrons. The first-order chi connectivity index (χ1) is 13.0. The van der Waals surface area contributed by atoms with E-state index in [2.05, 4.69) is 15.3 Å². The van der Waals surface area contributed by atoms with Crippen LogP contribution in [0, 0.1) is 13.8 Å². The Kier molecular flexibility index (Phi) is 5.12. The van der Waals surface area contributed by atoms with Gasteiger partial charge in [0.2, 0.25) is 5.78 Å². The molecule has 4 aromatic rings. The molecule has 4 rings (SSSR count). The zero-order chi connectivity index (χ0) is 19.4. The van der Waals surface area contributed by atoms with Crippen molar-refractivity contribution >= 4 is 34.7 Å². The third-order valence-corrected chi connectivity index (χ3v) is 4.10. The summed E-state index contributed by atoms with van der Waals surface area (Å²) in [5.41, 5.74) is 3.54. The monoisotopic (exact) mass is 362 g/mol. The van der Waals surface area contributed by atoms with Gasteiger partial charge in [-0.1, -0.05) is 30.3 Å². The van der Waals surface area contributed by atoms with Gasteiger partial charge in [-0.3, -0.25) is 14.0 Å². The second-order valence-corrected chi connectivity index (χ2v) is 5.92. The Morgan fingerprint density at radius 2 is 1.67 bits per heavy atom. The molecule has 7 heteroatoms. The van der Waals surface area contributed by atoms with Crippen LogP contribution in [0.5, 0.6) is 0 Å². The lowest BCUT2D eigenvalue weighted by Crippen LogP contribution is -2.17. The average Bonchev–Trinajstić information content (AvgIpc) is 2.66. The summed E-state index contributed by atoms with van der Waals surface area (Å²) >= 11 is 0. The van der Waals surface area contributed by atoms with Crippen LogP contribution in [0.3, 0.4) is 0 Å². The van der Waals surface area contributed by atoms with Crippen molar-refractivity contribution in [2.24, 2.45) is 0 Å². The van der Waals surface area contributed by atoms with Crippen molar-refractivity contribution in [3.8, 4) is 0 Å². The van der Waals surface area contributed by atoms with Crippen LogP contribution >= 0.6 is 0 Å². The molecule has 2 aromatic carbocycles. The Balaban J connectivity index is 0.000000659. The van der Waals surface area contributed by atoms with Gasteiger partial charge in [0, 0.05) is 17.4 Å². The minimum absolute atomic E-state index is 0.103. The molecule has 7 nitrogen and oxygen atoms in total. The minimum Gasteiger partial charge on any atom is -0.483 e. The van der Waals surface area contributed by atoms with Crippen LogP contribution in [0.4, 0.5) is 11.5 Å². The van der Waals surface area contributed by atoms with Gasteiger partial charge in [0.1, 0.15) is 5.82 Å². The maximum Gasteiger partial charge on any atom is 0.290 e. The summed E-state index contributed by atoms with van der Waals surface area (Å²) < 4.78 is 1.50. The van der Waals surface area contributed by atoms with Gasteiger partial charge in [0.25, 0.3) is 12.0 Å². The molecule has 0 fully saturated rings. The molecule has 0 unspecified atom stereocenters. The fraction of sp³-hybridized carbons (Fsp3) is 0.100. The highest BCUT2D eigenvalue weighted by Gasteiger charge is 2.10. The van der Waals surface area contributed by atoms with Crippen LogP contribution in [0.25, 0.3) is 16.7 Å². The highest BCUT2D eigenvalue weighted by atomic mass is 16.3. The first-order valence-corrected chi connectivity index (χ1v) is 8.24. The number of aryl methyl sites for hydroxylation is 2. The number of aromatic nitrogens is 3. The normalized spacial score (nSPS) is 10.3. The quantitative estimate of drug-likeness (QED) is 0.419. The summed E-state index contributed by atoms with van der Waals surface area (Å²) in [7, 11) is 0. The molecule has 0 aliphatic heterocycles. The highest BCUT2D eigenvalue weighted by Crippen LogP contribution is 2.21. The summed E-state index contributed by atoms with van der Waals surface area (Å²) in [5.74, 6) is 1.09. The summed E-state index contributed by atoms with van der Waals surface area (Å²) in [5, 5.41) is 10.8. The number of nitrogens with zero attached hydrogens (tertiary/aromatic N) is 3. The van der Waals surface area contributed by atoms with Crippen LogP contribution in [0.15, 0.2) is 59.5 Å². The molecule has 0 saturated heterocycles. The van der Waals surface area contributed by atoms with Crippen molar-refractivity contribution in [1.82, 2.24) is 14.4 Å². The molecule has 0 aliphatic carbocycles. The predicted octanol–water partition coefficient (Wildman–Crippen LogP) is 3.30. The molecule has 0 amide bonds. The van der Waals surface area contributed by atoms with E-state index in [1.165, 1.54) is 4.40 Å². The number of hydrogen-bond donors (Lipinski definition) is 2. The number of anilines is 2. The first kappa shape index (κ1) is 18.1.